The van der Waals surface area contributed by atoms with Gasteiger partial charge in [0.25, 0.3) is 0 Å². The largest absolute Gasteiger partial charge is 0.495 e. The number of hydrogen-bond acceptors (Lipinski definition) is 8. The van der Waals surface area contributed by atoms with Gasteiger partial charge in [-0.3, -0.25) is 4.98 Å². The number of methoxy groups -OCH3 is 1. The van der Waals surface area contributed by atoms with E-state index in [0.29, 0.717) is 29.7 Å². The molecule has 1 aliphatic rings. The minimum absolute atomic E-state index is 0.00830. The summed E-state index contributed by atoms with van der Waals surface area (Å²) < 4.78 is 36.2. The fraction of sp³-hybridized carbons (Fsp3) is 0.464. The maximum Gasteiger partial charge on any atom is 0.227 e. The van der Waals surface area contributed by atoms with Crippen molar-refractivity contribution in [3.8, 4) is 17.0 Å². The Morgan fingerprint density at radius 3 is 2.54 bits per heavy atom. The van der Waals surface area contributed by atoms with E-state index in [1.807, 2.05) is 12.3 Å². The minimum Gasteiger partial charge on any atom is -0.495 e. The Morgan fingerprint density at radius 2 is 1.90 bits per heavy atom. The monoisotopic (exact) mass is 588 g/mol. The molecule has 1 aromatic carbocycles. The molecule has 0 fully saturated rings. The third kappa shape index (κ3) is 6.14. The summed E-state index contributed by atoms with van der Waals surface area (Å²) in [6.07, 6.45) is 6.53. The average Bonchev–Trinajstić information content (AvgIpc) is 3.18. The van der Waals surface area contributed by atoms with Crippen LogP contribution in [0.25, 0.3) is 11.3 Å². The van der Waals surface area contributed by atoms with Crippen LogP contribution in [0.4, 0.5) is 11.6 Å². The lowest BCUT2D eigenvalue weighted by molar-refractivity contribution is 0.208. The van der Waals surface area contributed by atoms with E-state index in [0.717, 1.165) is 30.4 Å². The molecule has 0 aliphatic heterocycles. The van der Waals surface area contributed by atoms with Crippen LogP contribution in [-0.4, -0.2) is 51.7 Å². The molecule has 39 heavy (non-hydrogen) atoms. The van der Waals surface area contributed by atoms with Crippen LogP contribution in [-0.2, 0) is 26.1 Å². The van der Waals surface area contributed by atoms with Crippen LogP contribution in [0.15, 0.2) is 41.6 Å². The van der Waals surface area contributed by atoms with E-state index in [2.05, 4.69) is 57.2 Å². The van der Waals surface area contributed by atoms with Crippen LogP contribution in [0.3, 0.4) is 0 Å². The Balaban J connectivity index is 1.62. The van der Waals surface area contributed by atoms with Crippen LogP contribution >= 0.6 is 11.6 Å². The van der Waals surface area contributed by atoms with Gasteiger partial charge in [0.05, 0.1) is 28.4 Å². The van der Waals surface area contributed by atoms with E-state index in [1.165, 1.54) is 24.8 Å². The number of hydrogen-bond donors (Lipinski definition) is 1. The molecular weight excluding hydrogens is 552 g/mol. The molecule has 11 heteroatoms. The highest BCUT2D eigenvalue weighted by molar-refractivity contribution is 7.90. The Bertz CT molecular complexity index is 1510. The molecule has 8 nitrogen and oxygen atoms in total. The number of pyridine rings is 1. The van der Waals surface area contributed by atoms with E-state index < -0.39 is 18.2 Å². The molecule has 0 saturated heterocycles. The summed E-state index contributed by atoms with van der Waals surface area (Å²) in [6, 6.07) is 6.90. The Labute approximate surface area is 237 Å². The van der Waals surface area contributed by atoms with Gasteiger partial charge in [-0.25, -0.2) is 18.4 Å². The zero-order chi connectivity index (χ0) is 28.8. The number of sulfone groups is 1. The first kappa shape index (κ1) is 29.4. The van der Waals surface area contributed by atoms with Crippen molar-refractivity contribution in [3.63, 3.8) is 0 Å². The van der Waals surface area contributed by atoms with Crippen LogP contribution in [0, 0.1) is 0 Å². The van der Waals surface area contributed by atoms with E-state index in [9.17, 15) is 8.42 Å². The average molecular weight is 589 g/mol. The van der Waals surface area contributed by atoms with Gasteiger partial charge >= 0.3 is 0 Å². The molecule has 4 rings (SSSR count). The van der Waals surface area contributed by atoms with Gasteiger partial charge in [0.2, 0.25) is 5.95 Å². The van der Waals surface area contributed by atoms with Gasteiger partial charge in [0.15, 0.2) is 18.2 Å². The number of rotatable bonds is 8. The van der Waals surface area contributed by atoms with Gasteiger partial charge in [-0.15, -0.1) is 0 Å². The quantitative estimate of drug-likeness (QED) is 0.295. The van der Waals surface area contributed by atoms with Gasteiger partial charge in [-0.05, 0) is 54.7 Å². The lowest BCUT2D eigenvalue weighted by Crippen LogP contribution is -2.44. The molecule has 0 amide bonds. The van der Waals surface area contributed by atoms with Crippen molar-refractivity contribution in [2.45, 2.75) is 69.0 Å². The van der Waals surface area contributed by atoms with Gasteiger partial charge in [0.1, 0.15) is 5.75 Å². The highest BCUT2D eigenvalue weighted by atomic mass is 35.5. The smallest absolute Gasteiger partial charge is 0.227 e. The fourth-order valence-electron chi connectivity index (χ4n) is 4.38. The highest BCUT2D eigenvalue weighted by Crippen LogP contribution is 2.43. The molecule has 1 atom stereocenters. The first-order valence-corrected chi connectivity index (χ1v) is 18.0. The lowest BCUT2D eigenvalue weighted by atomic mass is 9.85. The van der Waals surface area contributed by atoms with Gasteiger partial charge in [-0.1, -0.05) is 39.3 Å². The zero-order valence-electron chi connectivity index (χ0n) is 23.8. The summed E-state index contributed by atoms with van der Waals surface area (Å²) in [4.78, 5) is 13.8. The molecule has 3 aromatic rings. The van der Waals surface area contributed by atoms with Crippen molar-refractivity contribution in [2.75, 3.05) is 25.3 Å². The van der Waals surface area contributed by atoms with Crippen molar-refractivity contribution >= 4 is 41.4 Å². The Morgan fingerprint density at radius 1 is 1.18 bits per heavy atom. The molecular formula is C28H37ClN4O4SSi. The summed E-state index contributed by atoms with van der Waals surface area (Å²) in [5.41, 5.74) is 4.24. The number of aryl methyl sites for hydroxylation is 1. The first-order chi connectivity index (χ1) is 18.0. The van der Waals surface area contributed by atoms with Crippen molar-refractivity contribution in [1.29, 1.82) is 0 Å². The second kappa shape index (κ2) is 10.5. The molecule has 0 bridgehead atoms. The first-order valence-electron chi connectivity index (χ1n) is 12.9. The third-order valence-corrected chi connectivity index (χ3v) is 14.0. The van der Waals surface area contributed by atoms with Gasteiger partial charge in [0, 0.05) is 48.0 Å². The highest BCUT2D eigenvalue weighted by Gasteiger charge is 2.42. The maximum atomic E-state index is 12.1. The van der Waals surface area contributed by atoms with Gasteiger partial charge in [-0.2, -0.15) is 0 Å². The molecule has 1 unspecified atom stereocenters. The lowest BCUT2D eigenvalue weighted by Gasteiger charge is -2.39. The number of benzene rings is 1. The topological polar surface area (TPSA) is 103 Å². The maximum absolute atomic E-state index is 12.1. The number of fused-ring (bicyclic) bond motifs is 1. The molecule has 2 heterocycles. The molecule has 1 N–H and O–H groups in total. The van der Waals surface area contributed by atoms with E-state index >= 15 is 0 Å². The number of nitrogens with one attached hydrogen (secondary N) is 1. The van der Waals surface area contributed by atoms with Crippen molar-refractivity contribution in [1.82, 2.24) is 15.0 Å². The number of aromatic nitrogens is 3. The molecule has 0 saturated carbocycles. The fourth-order valence-corrected chi connectivity index (χ4v) is 6.81. The number of nitrogens with zero attached hydrogens (tertiary/aromatic N) is 3. The molecule has 210 valence electrons. The molecule has 1 aliphatic carbocycles. The summed E-state index contributed by atoms with van der Waals surface area (Å²) in [5, 5.41) is 3.34. The minimum atomic E-state index is -3.52. The van der Waals surface area contributed by atoms with Crippen LogP contribution in [0.1, 0.15) is 45.4 Å². The third-order valence-electron chi connectivity index (χ3n) is 7.94. The number of anilines is 2. The number of ether oxygens (including phenoxy) is 1. The van der Waals surface area contributed by atoms with Crippen molar-refractivity contribution in [3.05, 3.63) is 52.9 Å². The predicted octanol–water partition coefficient (Wildman–Crippen LogP) is 6.57. The van der Waals surface area contributed by atoms with Gasteiger partial charge < -0.3 is 14.5 Å². The van der Waals surface area contributed by atoms with Crippen molar-refractivity contribution in [2.24, 2.45) is 0 Å². The van der Waals surface area contributed by atoms with Crippen LogP contribution < -0.4 is 10.1 Å². The second-order valence-electron chi connectivity index (χ2n) is 12.0. The summed E-state index contributed by atoms with van der Waals surface area (Å²) in [7, 11) is -3.95. The summed E-state index contributed by atoms with van der Waals surface area (Å²) in [5.74, 6) is 0.629. The second-order valence-corrected chi connectivity index (χ2v) is 19.2. The van der Waals surface area contributed by atoms with E-state index in [-0.39, 0.29) is 20.4 Å². The normalized spacial score (nSPS) is 17.7. The molecule has 0 radical (unpaired) electrons. The van der Waals surface area contributed by atoms with E-state index in [4.69, 9.17) is 30.7 Å². The van der Waals surface area contributed by atoms with Crippen molar-refractivity contribution < 1.29 is 17.6 Å². The Kier molecular flexibility index (Phi) is 7.90. The summed E-state index contributed by atoms with van der Waals surface area (Å²) in [6.45, 7) is 14.3. The van der Waals surface area contributed by atoms with E-state index in [1.54, 1.807) is 6.20 Å². The summed E-state index contributed by atoms with van der Waals surface area (Å²) >= 11 is 6.26. The van der Waals surface area contributed by atoms with Crippen LogP contribution in [0.5, 0.6) is 5.75 Å². The standard InChI is InChI=1S/C28H37ClN4O4SSi/c1-27(2,3)39(7,8)37-17-28(4)11-9-22-19(28)13-18(16-31-22)21-10-12-30-26(32-21)33-23-14-20(29)25(38(6,34)35)15-24(23)36-5/h10,12-16H,9,11,17H2,1-8H3,(H,30,32,33). The molecule has 0 spiro atoms. The predicted molar refractivity (Wildman–Crippen MR) is 158 cm³/mol. The number of halogens is 1. The zero-order valence-corrected chi connectivity index (χ0v) is 26.4. The molecule has 2 aromatic heterocycles. The van der Waals surface area contributed by atoms with Crippen LogP contribution in [0.2, 0.25) is 23.2 Å². The SMILES string of the molecule is COc1cc(S(C)(=O)=O)c(Cl)cc1Nc1nccc(-c2cnc3c(c2)C(C)(CO[Si](C)(C)C(C)(C)C)CC3)n1. The Hall–Kier alpha value is -2.53.